The van der Waals surface area contributed by atoms with Crippen molar-refractivity contribution in [2.24, 2.45) is 11.7 Å². The lowest BCUT2D eigenvalue weighted by Gasteiger charge is -2.35. The lowest BCUT2D eigenvalue weighted by molar-refractivity contribution is 0.408. The highest BCUT2D eigenvalue weighted by molar-refractivity contribution is 5.50. The smallest absolute Gasteiger partial charge is 0.331 e. The summed E-state index contributed by atoms with van der Waals surface area (Å²) in [7, 11) is 0. The molecule has 40 heavy (non-hydrogen) atoms. The van der Waals surface area contributed by atoms with Crippen LogP contribution < -0.4 is 21.9 Å². The predicted molar refractivity (Wildman–Crippen MR) is 154 cm³/mol. The zero-order valence-electron chi connectivity index (χ0n) is 22.6. The first-order chi connectivity index (χ1) is 19.3. The van der Waals surface area contributed by atoms with Gasteiger partial charge < -0.3 is 10.6 Å². The van der Waals surface area contributed by atoms with E-state index in [2.05, 4.69) is 12.1 Å². The Morgan fingerprint density at radius 2 is 1.55 bits per heavy atom. The highest BCUT2D eigenvalue weighted by atomic mass is 19.1. The van der Waals surface area contributed by atoms with Crippen LogP contribution in [0.15, 0.2) is 88.5 Å². The molecule has 208 valence electrons. The Hall–Kier alpha value is -4.04. The number of nitrogens with zero attached hydrogens (tertiary/aromatic N) is 3. The van der Waals surface area contributed by atoms with Crippen LogP contribution in [0.3, 0.4) is 0 Å². The number of anilines is 1. The average Bonchev–Trinajstić information content (AvgIpc) is 2.96. The van der Waals surface area contributed by atoms with Crippen molar-refractivity contribution < 1.29 is 8.78 Å². The van der Waals surface area contributed by atoms with Gasteiger partial charge in [0.2, 0.25) is 0 Å². The number of benzene rings is 3. The molecule has 0 radical (unpaired) electrons. The fourth-order valence-electron chi connectivity index (χ4n) is 5.72. The molecular formula is C32H34F2N4O2. The van der Waals surface area contributed by atoms with E-state index in [0.29, 0.717) is 30.4 Å². The molecule has 4 aromatic rings. The Labute approximate surface area is 232 Å². The van der Waals surface area contributed by atoms with E-state index in [1.165, 1.54) is 28.3 Å². The molecule has 5 rings (SSSR count). The van der Waals surface area contributed by atoms with Gasteiger partial charge >= 0.3 is 5.69 Å². The fourth-order valence-corrected chi connectivity index (χ4v) is 5.72. The Morgan fingerprint density at radius 1 is 0.900 bits per heavy atom. The maximum atomic E-state index is 14.7. The van der Waals surface area contributed by atoms with Gasteiger partial charge in [-0.15, -0.1) is 0 Å². The topological polar surface area (TPSA) is 73.3 Å². The molecule has 2 atom stereocenters. The van der Waals surface area contributed by atoms with Crippen molar-refractivity contribution in [3.05, 3.63) is 134 Å². The Morgan fingerprint density at radius 3 is 2.23 bits per heavy atom. The van der Waals surface area contributed by atoms with Crippen LogP contribution >= 0.6 is 0 Å². The highest BCUT2D eigenvalue weighted by Crippen LogP contribution is 2.26. The van der Waals surface area contributed by atoms with Crippen molar-refractivity contribution in [2.75, 3.05) is 18.0 Å². The maximum absolute atomic E-state index is 14.7. The molecule has 1 unspecified atom stereocenters. The summed E-state index contributed by atoms with van der Waals surface area (Å²) in [6, 6.07) is 22.5. The summed E-state index contributed by atoms with van der Waals surface area (Å²) in [6.07, 6.45) is 2.79. The van der Waals surface area contributed by atoms with Gasteiger partial charge in [-0.25, -0.2) is 13.6 Å². The summed E-state index contributed by atoms with van der Waals surface area (Å²) in [5.74, 6) is -1.17. The van der Waals surface area contributed by atoms with Crippen molar-refractivity contribution in [3.8, 4) is 0 Å². The number of halogens is 2. The van der Waals surface area contributed by atoms with Gasteiger partial charge in [-0.05, 0) is 55.4 Å². The maximum Gasteiger partial charge on any atom is 0.331 e. The molecule has 0 saturated carbocycles. The molecule has 8 heteroatoms. The van der Waals surface area contributed by atoms with Gasteiger partial charge in [0.05, 0.1) is 13.1 Å². The lowest BCUT2D eigenvalue weighted by atomic mass is 9.91. The lowest BCUT2D eigenvalue weighted by Crippen LogP contribution is -2.48. The summed E-state index contributed by atoms with van der Waals surface area (Å²) < 4.78 is 31.8. The van der Waals surface area contributed by atoms with E-state index in [4.69, 9.17) is 5.73 Å². The molecule has 1 aromatic heterocycles. The van der Waals surface area contributed by atoms with E-state index in [-0.39, 0.29) is 18.7 Å². The van der Waals surface area contributed by atoms with Gasteiger partial charge in [0.25, 0.3) is 5.56 Å². The van der Waals surface area contributed by atoms with Crippen LogP contribution in [0.1, 0.15) is 41.3 Å². The normalized spacial score (nSPS) is 16.2. The molecule has 3 aromatic carbocycles. The minimum atomic E-state index is -0.743. The monoisotopic (exact) mass is 544 g/mol. The number of rotatable bonds is 8. The second-order valence-electron chi connectivity index (χ2n) is 10.6. The van der Waals surface area contributed by atoms with E-state index >= 15 is 0 Å². The van der Waals surface area contributed by atoms with Gasteiger partial charge in [-0.3, -0.25) is 13.9 Å². The van der Waals surface area contributed by atoms with Crippen molar-refractivity contribution in [2.45, 2.75) is 45.3 Å². The molecule has 0 spiro atoms. The van der Waals surface area contributed by atoms with Crippen molar-refractivity contribution >= 4 is 5.69 Å². The molecule has 2 N–H and O–H groups in total. The van der Waals surface area contributed by atoms with E-state index in [1.807, 2.05) is 53.4 Å². The van der Waals surface area contributed by atoms with Crippen LogP contribution in [0.25, 0.3) is 0 Å². The quantitative estimate of drug-likeness (QED) is 0.346. The Bertz CT molecular complexity index is 1560. The number of hydrogen-bond donors (Lipinski definition) is 1. The summed E-state index contributed by atoms with van der Waals surface area (Å²) >= 11 is 0. The molecule has 0 amide bonds. The first-order valence-corrected chi connectivity index (χ1v) is 13.7. The van der Waals surface area contributed by atoms with Gasteiger partial charge in [0.1, 0.15) is 17.3 Å². The van der Waals surface area contributed by atoms with Crippen LogP contribution in [0, 0.1) is 24.5 Å². The SMILES string of the molecule is Cc1c(N2CCCC(Cc3ccccc3)C2)c(=O)n(C[C@H](N)c2ccccc2)c(=O)n1Cc1c(F)cccc1F. The molecule has 0 bridgehead atoms. The largest absolute Gasteiger partial charge is 0.365 e. The third-order valence-electron chi connectivity index (χ3n) is 7.84. The standard InChI is InChI=1S/C32H34F2N4O2/c1-22-30(36-17-9-12-24(19-36)18-23-10-4-2-5-11-23)31(39)38(21-29(35)25-13-6-3-7-14-25)32(40)37(22)20-26-27(33)15-8-16-28(26)34/h2-8,10-11,13-16,24,29H,9,12,17-21,35H2,1H3/t24?,29-/m0/s1. The van der Waals surface area contributed by atoms with Crippen molar-refractivity contribution in [1.29, 1.82) is 0 Å². The van der Waals surface area contributed by atoms with Crippen LogP contribution in [-0.4, -0.2) is 22.2 Å². The second kappa shape index (κ2) is 12.0. The van der Waals surface area contributed by atoms with Crippen molar-refractivity contribution in [1.82, 2.24) is 9.13 Å². The highest BCUT2D eigenvalue weighted by Gasteiger charge is 2.28. The van der Waals surface area contributed by atoms with Gasteiger partial charge in [0, 0.05) is 30.4 Å². The van der Waals surface area contributed by atoms with Crippen LogP contribution in [0.2, 0.25) is 0 Å². The zero-order chi connectivity index (χ0) is 28.2. The third-order valence-corrected chi connectivity index (χ3v) is 7.84. The Kier molecular flexibility index (Phi) is 8.26. The number of aromatic nitrogens is 2. The van der Waals surface area contributed by atoms with Crippen LogP contribution in [0.4, 0.5) is 14.5 Å². The molecule has 6 nitrogen and oxygen atoms in total. The number of piperidine rings is 1. The number of nitrogens with two attached hydrogens (primary N) is 1. The summed E-state index contributed by atoms with van der Waals surface area (Å²) in [5, 5.41) is 0. The van der Waals surface area contributed by atoms with E-state index in [9.17, 15) is 18.4 Å². The van der Waals surface area contributed by atoms with Gasteiger partial charge in [-0.1, -0.05) is 66.7 Å². The summed E-state index contributed by atoms with van der Waals surface area (Å²) in [6.45, 7) is 2.58. The molecule has 0 aliphatic carbocycles. The molecular weight excluding hydrogens is 510 g/mol. The van der Waals surface area contributed by atoms with Crippen LogP contribution in [-0.2, 0) is 19.5 Å². The average molecular weight is 545 g/mol. The van der Waals surface area contributed by atoms with E-state index in [0.717, 1.165) is 29.4 Å². The molecule has 1 aliphatic rings. The third kappa shape index (κ3) is 5.77. The van der Waals surface area contributed by atoms with E-state index < -0.39 is 28.9 Å². The molecule has 1 aliphatic heterocycles. The number of hydrogen-bond acceptors (Lipinski definition) is 4. The summed E-state index contributed by atoms with van der Waals surface area (Å²) in [5.41, 5.74) is 7.94. The van der Waals surface area contributed by atoms with E-state index in [1.54, 1.807) is 6.92 Å². The van der Waals surface area contributed by atoms with Gasteiger partial charge in [-0.2, -0.15) is 0 Å². The van der Waals surface area contributed by atoms with Gasteiger partial charge in [0.15, 0.2) is 0 Å². The molecule has 1 saturated heterocycles. The summed E-state index contributed by atoms with van der Waals surface area (Å²) in [4.78, 5) is 29.8. The first kappa shape index (κ1) is 27.5. The molecule has 1 fully saturated rings. The molecule has 2 heterocycles. The Balaban J connectivity index is 1.57. The zero-order valence-corrected chi connectivity index (χ0v) is 22.6. The first-order valence-electron chi connectivity index (χ1n) is 13.7. The fraction of sp³-hybridized carbons (Fsp3) is 0.312. The minimum Gasteiger partial charge on any atom is -0.365 e. The van der Waals surface area contributed by atoms with Crippen molar-refractivity contribution in [3.63, 3.8) is 0 Å². The second-order valence-corrected chi connectivity index (χ2v) is 10.6. The minimum absolute atomic E-state index is 0.0595. The predicted octanol–water partition coefficient (Wildman–Crippen LogP) is 4.80. The van der Waals surface area contributed by atoms with Crippen LogP contribution in [0.5, 0.6) is 0 Å².